The highest BCUT2D eigenvalue weighted by atomic mass is 32.2. The Bertz CT molecular complexity index is 876. The average molecular weight is 408 g/mol. The molecule has 0 spiro atoms. The molecule has 2 aliphatic rings. The molecule has 1 aromatic rings. The van der Waals surface area contributed by atoms with Crippen molar-refractivity contribution in [3.63, 3.8) is 0 Å². The van der Waals surface area contributed by atoms with E-state index in [0.29, 0.717) is 23.7 Å². The Kier molecular flexibility index (Phi) is 5.30. The van der Waals surface area contributed by atoms with Crippen LogP contribution in [-0.4, -0.2) is 45.3 Å². The van der Waals surface area contributed by atoms with Gasteiger partial charge in [0.25, 0.3) is 5.91 Å². The monoisotopic (exact) mass is 407 g/mol. The second-order valence-corrected chi connectivity index (χ2v) is 11.2. The second-order valence-electron chi connectivity index (χ2n) is 9.20. The van der Waals surface area contributed by atoms with Crippen molar-refractivity contribution in [1.82, 2.24) is 9.62 Å². The highest BCUT2D eigenvalue weighted by molar-refractivity contribution is 7.89. The number of sulfonamides is 1. The molecule has 0 saturated heterocycles. The summed E-state index contributed by atoms with van der Waals surface area (Å²) in [4.78, 5) is 13.2. The smallest absolute Gasteiger partial charge is 0.251 e. The van der Waals surface area contributed by atoms with Crippen molar-refractivity contribution in [2.24, 2.45) is 16.7 Å². The van der Waals surface area contributed by atoms with Gasteiger partial charge in [-0.1, -0.05) is 27.7 Å². The van der Waals surface area contributed by atoms with Gasteiger partial charge in [-0.3, -0.25) is 4.79 Å². The van der Waals surface area contributed by atoms with Gasteiger partial charge in [-0.15, -0.1) is 0 Å². The number of hydrogen-bond donors (Lipinski definition) is 2. The van der Waals surface area contributed by atoms with Crippen LogP contribution in [0.3, 0.4) is 0 Å². The summed E-state index contributed by atoms with van der Waals surface area (Å²) >= 11 is 0. The van der Waals surface area contributed by atoms with Gasteiger partial charge in [-0.25, -0.2) is 12.7 Å². The van der Waals surface area contributed by atoms with E-state index in [0.717, 1.165) is 12.8 Å². The molecule has 0 heterocycles. The molecule has 2 fully saturated rings. The Morgan fingerprint density at radius 3 is 2.50 bits per heavy atom. The molecule has 1 aromatic carbocycles. The zero-order valence-corrected chi connectivity index (χ0v) is 18.6. The Labute approximate surface area is 169 Å². The third kappa shape index (κ3) is 3.22. The van der Waals surface area contributed by atoms with Crippen LogP contribution >= 0.6 is 0 Å². The van der Waals surface area contributed by atoms with Gasteiger partial charge in [0, 0.05) is 32.2 Å². The lowest BCUT2D eigenvalue weighted by molar-refractivity contribution is 0.0737. The third-order valence-corrected chi connectivity index (χ3v) is 9.16. The van der Waals surface area contributed by atoms with Gasteiger partial charge >= 0.3 is 0 Å². The number of amides is 1. The fourth-order valence-electron chi connectivity index (χ4n) is 5.30. The molecular weight excluding hydrogens is 374 g/mol. The van der Waals surface area contributed by atoms with E-state index >= 15 is 0 Å². The SMILES string of the molecule is CCN(C)S(=O)(=O)c1cc(C(=O)NC2C(C)(C)[C@@H]3CC[C@]2(C)C3)ccc1NC. The third-order valence-electron chi connectivity index (χ3n) is 7.19. The maximum Gasteiger partial charge on any atom is 0.251 e. The van der Waals surface area contributed by atoms with E-state index in [-0.39, 0.29) is 27.7 Å². The summed E-state index contributed by atoms with van der Waals surface area (Å²) in [6.07, 6.45) is 3.49. The number of hydrogen-bond acceptors (Lipinski definition) is 4. The number of fused-ring (bicyclic) bond motifs is 2. The lowest BCUT2D eigenvalue weighted by Crippen LogP contribution is -2.52. The molecule has 2 saturated carbocycles. The molecule has 3 rings (SSSR count). The van der Waals surface area contributed by atoms with Crippen molar-refractivity contribution in [3.05, 3.63) is 23.8 Å². The summed E-state index contributed by atoms with van der Waals surface area (Å²) in [5, 5.41) is 6.17. The maximum absolute atomic E-state index is 13.1. The number of anilines is 1. The summed E-state index contributed by atoms with van der Waals surface area (Å²) in [6.45, 7) is 8.89. The first-order chi connectivity index (χ1) is 13.0. The molecule has 6 nitrogen and oxygen atoms in total. The van der Waals surface area contributed by atoms with E-state index < -0.39 is 10.0 Å². The highest BCUT2D eigenvalue weighted by Gasteiger charge is 2.59. The first-order valence-electron chi connectivity index (χ1n) is 10.1. The molecule has 7 heteroatoms. The number of carbonyl (C=O) groups is 1. The first kappa shape index (κ1) is 21.1. The minimum absolute atomic E-state index is 0.0465. The van der Waals surface area contributed by atoms with Crippen LogP contribution in [0.4, 0.5) is 5.69 Å². The number of nitrogens with zero attached hydrogens (tertiary/aromatic N) is 1. The van der Waals surface area contributed by atoms with Gasteiger partial charge in [-0.05, 0) is 54.2 Å². The molecule has 2 N–H and O–H groups in total. The van der Waals surface area contributed by atoms with Crippen molar-refractivity contribution >= 4 is 21.6 Å². The van der Waals surface area contributed by atoms with E-state index in [1.165, 1.54) is 16.8 Å². The van der Waals surface area contributed by atoms with Gasteiger partial charge < -0.3 is 10.6 Å². The summed E-state index contributed by atoms with van der Waals surface area (Å²) in [6, 6.07) is 4.94. The number of nitrogens with one attached hydrogen (secondary N) is 2. The van der Waals surface area contributed by atoms with Crippen molar-refractivity contribution in [3.8, 4) is 0 Å². The van der Waals surface area contributed by atoms with E-state index in [1.54, 1.807) is 33.2 Å². The fraction of sp³-hybridized carbons (Fsp3) is 0.667. The lowest BCUT2D eigenvalue weighted by Gasteiger charge is -2.43. The Morgan fingerprint density at radius 1 is 1.29 bits per heavy atom. The normalized spacial score (nSPS) is 28.5. The van der Waals surface area contributed by atoms with Crippen LogP contribution in [0.15, 0.2) is 23.1 Å². The van der Waals surface area contributed by atoms with E-state index in [1.807, 2.05) is 0 Å². The first-order valence-corrected chi connectivity index (χ1v) is 11.5. The van der Waals surface area contributed by atoms with E-state index in [4.69, 9.17) is 0 Å². The fourth-order valence-corrected chi connectivity index (χ4v) is 6.70. The molecule has 3 atom stereocenters. The van der Waals surface area contributed by atoms with E-state index in [9.17, 15) is 13.2 Å². The quantitative estimate of drug-likeness (QED) is 0.758. The summed E-state index contributed by atoms with van der Waals surface area (Å²) in [7, 11) is -0.446. The predicted molar refractivity (Wildman–Crippen MR) is 112 cm³/mol. The molecule has 1 amide bonds. The minimum Gasteiger partial charge on any atom is -0.387 e. The van der Waals surface area contributed by atoms with E-state index in [2.05, 4.69) is 31.4 Å². The van der Waals surface area contributed by atoms with Crippen molar-refractivity contribution in [2.75, 3.05) is 26.0 Å². The predicted octanol–water partition coefficient (Wildman–Crippen LogP) is 3.31. The van der Waals surface area contributed by atoms with Crippen LogP contribution in [-0.2, 0) is 10.0 Å². The standard InChI is InChI=1S/C21H33N3O3S/c1-7-24(6)28(26,27)17-12-14(8-9-16(17)22-5)18(25)23-19-20(2,3)15-10-11-21(19,4)13-15/h8-9,12,15,19,22H,7,10-11,13H2,1-6H3,(H,23,25)/t15-,19?,21-/m1/s1. The average Bonchev–Trinajstić information content (AvgIpc) is 3.14. The number of rotatable bonds is 6. The zero-order valence-electron chi connectivity index (χ0n) is 17.8. The van der Waals surface area contributed by atoms with Gasteiger partial charge in [0.1, 0.15) is 4.90 Å². The molecule has 1 unspecified atom stereocenters. The molecule has 0 aromatic heterocycles. The maximum atomic E-state index is 13.1. The van der Waals surface area contributed by atoms with Crippen molar-refractivity contribution in [1.29, 1.82) is 0 Å². The number of carbonyl (C=O) groups excluding carboxylic acids is 1. The zero-order chi connectivity index (χ0) is 20.9. The Morgan fingerprint density at radius 2 is 1.96 bits per heavy atom. The molecule has 2 aliphatic carbocycles. The summed E-state index contributed by atoms with van der Waals surface area (Å²) in [5.41, 5.74) is 1.03. The van der Waals surface area contributed by atoms with Crippen molar-refractivity contribution in [2.45, 2.75) is 57.9 Å². The van der Waals surface area contributed by atoms with Gasteiger partial charge in [0.2, 0.25) is 10.0 Å². The molecular formula is C21H33N3O3S. The molecule has 156 valence electrons. The Balaban J connectivity index is 1.92. The topological polar surface area (TPSA) is 78.5 Å². The molecule has 28 heavy (non-hydrogen) atoms. The largest absolute Gasteiger partial charge is 0.387 e. The highest BCUT2D eigenvalue weighted by Crippen LogP contribution is 2.62. The Hall–Kier alpha value is -1.60. The summed E-state index contributed by atoms with van der Waals surface area (Å²) < 4.78 is 27.0. The summed E-state index contributed by atoms with van der Waals surface area (Å²) in [5.74, 6) is 0.425. The van der Waals surface area contributed by atoms with Crippen LogP contribution in [0.2, 0.25) is 0 Å². The van der Waals surface area contributed by atoms with Crippen LogP contribution in [0.1, 0.15) is 57.3 Å². The molecule has 0 radical (unpaired) electrons. The minimum atomic E-state index is -3.67. The van der Waals surface area contributed by atoms with Gasteiger partial charge in [-0.2, -0.15) is 0 Å². The molecule has 0 aliphatic heterocycles. The van der Waals surface area contributed by atoms with Gasteiger partial charge in [0.05, 0.1) is 5.69 Å². The lowest BCUT2D eigenvalue weighted by atomic mass is 9.68. The van der Waals surface area contributed by atoms with Crippen LogP contribution in [0.25, 0.3) is 0 Å². The van der Waals surface area contributed by atoms with Crippen LogP contribution in [0, 0.1) is 16.7 Å². The van der Waals surface area contributed by atoms with Crippen LogP contribution in [0.5, 0.6) is 0 Å². The van der Waals surface area contributed by atoms with Crippen molar-refractivity contribution < 1.29 is 13.2 Å². The molecule has 2 bridgehead atoms. The van der Waals surface area contributed by atoms with Crippen LogP contribution < -0.4 is 10.6 Å². The second kappa shape index (κ2) is 7.02. The van der Waals surface area contributed by atoms with Gasteiger partial charge in [0.15, 0.2) is 0 Å². The number of benzene rings is 1.